The molecule has 0 aliphatic heterocycles. The first kappa shape index (κ1) is 12.3. The predicted octanol–water partition coefficient (Wildman–Crippen LogP) is 3.24. The van der Waals surface area contributed by atoms with Crippen LogP contribution in [0.4, 0.5) is 5.82 Å². The molecule has 0 atom stereocenters. The van der Waals surface area contributed by atoms with E-state index in [1.807, 2.05) is 12.3 Å². The zero-order valence-corrected chi connectivity index (χ0v) is 10.3. The Hall–Kier alpha value is -0.760. The zero-order valence-electron chi connectivity index (χ0n) is 9.54. The average Bonchev–Trinajstić information content (AvgIpc) is 2.25. The van der Waals surface area contributed by atoms with Gasteiger partial charge in [0.2, 0.25) is 0 Å². The molecule has 2 nitrogen and oxygen atoms in total. The van der Waals surface area contributed by atoms with E-state index in [-0.39, 0.29) is 0 Å². The van der Waals surface area contributed by atoms with Crippen molar-refractivity contribution in [2.45, 2.75) is 26.7 Å². The van der Waals surface area contributed by atoms with Gasteiger partial charge in [-0.25, -0.2) is 4.98 Å². The lowest BCUT2D eigenvalue weighted by Gasteiger charge is -2.23. The first-order valence-corrected chi connectivity index (χ1v) is 6.05. The van der Waals surface area contributed by atoms with E-state index >= 15 is 0 Å². The monoisotopic (exact) mass is 226 g/mol. The second-order valence-electron chi connectivity index (χ2n) is 3.67. The maximum atomic E-state index is 5.81. The number of unbranched alkanes of at least 4 members (excludes halogenated alkanes) is 1. The summed E-state index contributed by atoms with van der Waals surface area (Å²) >= 11 is 5.81. The molecule has 0 amide bonds. The number of nitrogens with zero attached hydrogens (tertiary/aromatic N) is 2. The van der Waals surface area contributed by atoms with Gasteiger partial charge in [-0.2, -0.15) is 0 Å². The van der Waals surface area contributed by atoms with Crippen LogP contribution in [0, 0.1) is 6.92 Å². The third-order valence-corrected chi connectivity index (χ3v) is 2.59. The largest absolute Gasteiger partial charge is 0.355 e. The molecular weight excluding hydrogens is 208 g/mol. The fraction of sp³-hybridized carbons (Fsp3) is 0.583. The molecule has 15 heavy (non-hydrogen) atoms. The summed E-state index contributed by atoms with van der Waals surface area (Å²) in [5, 5.41) is 0. The van der Waals surface area contributed by atoms with Gasteiger partial charge in [-0.1, -0.05) is 19.4 Å². The van der Waals surface area contributed by atoms with E-state index in [9.17, 15) is 0 Å². The summed E-state index contributed by atoms with van der Waals surface area (Å²) in [5.74, 6) is 1.73. The molecule has 0 fully saturated rings. The summed E-state index contributed by atoms with van der Waals surface area (Å²) in [6.45, 7) is 6.21. The highest BCUT2D eigenvalue weighted by molar-refractivity contribution is 6.18. The third kappa shape index (κ3) is 3.71. The number of hydrogen-bond acceptors (Lipinski definition) is 2. The number of aryl methyl sites for hydroxylation is 1. The lowest BCUT2D eigenvalue weighted by molar-refractivity contribution is 0.723. The molecule has 0 N–H and O–H groups in total. The number of alkyl halides is 1. The Morgan fingerprint density at radius 1 is 1.40 bits per heavy atom. The van der Waals surface area contributed by atoms with Crippen molar-refractivity contribution in [3.8, 4) is 0 Å². The van der Waals surface area contributed by atoms with Crippen molar-refractivity contribution in [3.63, 3.8) is 0 Å². The highest BCUT2D eigenvalue weighted by Gasteiger charge is 2.08. The summed E-state index contributed by atoms with van der Waals surface area (Å²) in [6, 6.07) is 4.06. The Labute approximate surface area is 97.3 Å². The lowest BCUT2D eigenvalue weighted by atomic mass is 10.2. The second kappa shape index (κ2) is 6.67. The van der Waals surface area contributed by atoms with Crippen molar-refractivity contribution in [3.05, 3.63) is 23.9 Å². The van der Waals surface area contributed by atoms with E-state index in [0.29, 0.717) is 5.88 Å². The van der Waals surface area contributed by atoms with Crippen LogP contribution < -0.4 is 4.90 Å². The van der Waals surface area contributed by atoms with Gasteiger partial charge in [-0.05, 0) is 25.0 Å². The standard InChI is InChI=1S/C12H19ClN2/c1-3-4-9-15(10-7-13)12-11(2)6-5-8-14-12/h5-6,8H,3-4,7,9-10H2,1-2H3. The Morgan fingerprint density at radius 3 is 2.80 bits per heavy atom. The molecule has 1 aromatic heterocycles. The van der Waals surface area contributed by atoms with Crippen molar-refractivity contribution in [1.29, 1.82) is 0 Å². The Morgan fingerprint density at radius 2 is 2.20 bits per heavy atom. The summed E-state index contributed by atoms with van der Waals surface area (Å²) in [5.41, 5.74) is 1.22. The number of pyridine rings is 1. The van der Waals surface area contributed by atoms with Gasteiger partial charge in [0, 0.05) is 25.2 Å². The molecular formula is C12H19ClN2. The first-order chi connectivity index (χ1) is 7.29. The van der Waals surface area contributed by atoms with E-state index in [0.717, 1.165) is 18.9 Å². The first-order valence-electron chi connectivity index (χ1n) is 5.52. The van der Waals surface area contributed by atoms with Crippen LogP contribution in [0.3, 0.4) is 0 Å². The topological polar surface area (TPSA) is 16.1 Å². The highest BCUT2D eigenvalue weighted by atomic mass is 35.5. The van der Waals surface area contributed by atoms with Gasteiger partial charge in [0.1, 0.15) is 5.82 Å². The average molecular weight is 227 g/mol. The SMILES string of the molecule is CCCCN(CCCl)c1ncccc1C. The number of halogens is 1. The molecule has 0 radical (unpaired) electrons. The minimum atomic E-state index is 0.653. The summed E-state index contributed by atoms with van der Waals surface area (Å²) < 4.78 is 0. The Bertz CT molecular complexity index is 289. The highest BCUT2D eigenvalue weighted by Crippen LogP contribution is 2.16. The van der Waals surface area contributed by atoms with Crippen molar-refractivity contribution in [2.24, 2.45) is 0 Å². The number of hydrogen-bond donors (Lipinski definition) is 0. The molecule has 0 spiro atoms. The minimum absolute atomic E-state index is 0.653. The van der Waals surface area contributed by atoms with Crippen LogP contribution in [0.15, 0.2) is 18.3 Å². The number of aromatic nitrogens is 1. The molecule has 0 unspecified atom stereocenters. The van der Waals surface area contributed by atoms with Crippen LogP contribution in [0.5, 0.6) is 0 Å². The van der Waals surface area contributed by atoms with Gasteiger partial charge < -0.3 is 4.90 Å². The van der Waals surface area contributed by atoms with Crippen LogP contribution in [0.1, 0.15) is 25.3 Å². The van der Waals surface area contributed by atoms with Crippen LogP contribution in [0.25, 0.3) is 0 Å². The van der Waals surface area contributed by atoms with Crippen molar-refractivity contribution >= 4 is 17.4 Å². The van der Waals surface area contributed by atoms with E-state index < -0.39 is 0 Å². The van der Waals surface area contributed by atoms with Gasteiger partial charge in [-0.15, -0.1) is 11.6 Å². The van der Waals surface area contributed by atoms with Crippen molar-refractivity contribution in [2.75, 3.05) is 23.9 Å². The molecule has 0 aliphatic carbocycles. The van der Waals surface area contributed by atoms with Crippen LogP contribution in [-0.2, 0) is 0 Å². The number of rotatable bonds is 6. The second-order valence-corrected chi connectivity index (χ2v) is 4.05. The van der Waals surface area contributed by atoms with Crippen LogP contribution >= 0.6 is 11.6 Å². The summed E-state index contributed by atoms with van der Waals surface area (Å²) in [4.78, 5) is 6.69. The molecule has 1 rings (SSSR count). The van der Waals surface area contributed by atoms with E-state index in [4.69, 9.17) is 11.6 Å². The molecule has 1 heterocycles. The van der Waals surface area contributed by atoms with Crippen molar-refractivity contribution in [1.82, 2.24) is 4.98 Å². The number of anilines is 1. The molecule has 0 aromatic carbocycles. The van der Waals surface area contributed by atoms with Gasteiger partial charge in [-0.3, -0.25) is 0 Å². The van der Waals surface area contributed by atoms with E-state index in [1.165, 1.54) is 18.4 Å². The van der Waals surface area contributed by atoms with Gasteiger partial charge in [0.05, 0.1) is 0 Å². The van der Waals surface area contributed by atoms with E-state index in [2.05, 4.69) is 29.8 Å². The molecule has 3 heteroatoms. The molecule has 0 bridgehead atoms. The lowest BCUT2D eigenvalue weighted by Crippen LogP contribution is -2.28. The van der Waals surface area contributed by atoms with Gasteiger partial charge in [0.25, 0.3) is 0 Å². The van der Waals surface area contributed by atoms with Gasteiger partial charge in [0.15, 0.2) is 0 Å². The zero-order chi connectivity index (χ0) is 11.1. The van der Waals surface area contributed by atoms with Crippen LogP contribution in [-0.4, -0.2) is 24.0 Å². The fourth-order valence-corrected chi connectivity index (χ4v) is 1.79. The Kier molecular flexibility index (Phi) is 5.48. The van der Waals surface area contributed by atoms with Crippen molar-refractivity contribution < 1.29 is 0 Å². The Balaban J connectivity index is 2.74. The molecule has 1 aromatic rings. The maximum absolute atomic E-state index is 5.81. The minimum Gasteiger partial charge on any atom is -0.355 e. The smallest absolute Gasteiger partial charge is 0.131 e. The fourth-order valence-electron chi connectivity index (χ4n) is 1.58. The molecule has 0 saturated heterocycles. The molecule has 0 saturated carbocycles. The third-order valence-electron chi connectivity index (χ3n) is 2.42. The summed E-state index contributed by atoms with van der Waals surface area (Å²) in [6.07, 6.45) is 4.23. The summed E-state index contributed by atoms with van der Waals surface area (Å²) in [7, 11) is 0. The van der Waals surface area contributed by atoms with E-state index in [1.54, 1.807) is 0 Å². The normalized spacial score (nSPS) is 10.3. The van der Waals surface area contributed by atoms with Gasteiger partial charge >= 0.3 is 0 Å². The molecule has 0 aliphatic rings. The molecule has 84 valence electrons. The predicted molar refractivity (Wildman–Crippen MR) is 66.8 cm³/mol. The van der Waals surface area contributed by atoms with Crippen LogP contribution in [0.2, 0.25) is 0 Å². The quantitative estimate of drug-likeness (QED) is 0.693. The maximum Gasteiger partial charge on any atom is 0.131 e.